The molecule has 0 aliphatic carbocycles. The zero-order valence-corrected chi connectivity index (χ0v) is 32.0. The summed E-state index contributed by atoms with van der Waals surface area (Å²) in [4.78, 5) is 13.5. The highest BCUT2D eigenvalue weighted by molar-refractivity contribution is 6.09. The first-order valence-corrected chi connectivity index (χ1v) is 19.4. The summed E-state index contributed by atoms with van der Waals surface area (Å²) in [6.45, 7) is 6.52. The van der Waals surface area contributed by atoms with E-state index in [0.29, 0.717) is 17.1 Å². The van der Waals surface area contributed by atoms with Gasteiger partial charge in [0.2, 0.25) is 11.4 Å². The molecule has 8 aromatic rings. The molecule has 0 radical (unpaired) electrons. The van der Waals surface area contributed by atoms with Gasteiger partial charge in [-0.2, -0.15) is 4.57 Å². The van der Waals surface area contributed by atoms with Gasteiger partial charge in [-0.05, 0) is 97.6 Å². The minimum absolute atomic E-state index is 0.286. The summed E-state index contributed by atoms with van der Waals surface area (Å²) >= 11 is 0. The number of rotatable bonds is 6. The van der Waals surface area contributed by atoms with Crippen molar-refractivity contribution < 1.29 is 18.8 Å². The molecule has 274 valence electrons. The van der Waals surface area contributed by atoms with E-state index < -0.39 is 0 Å². The van der Waals surface area contributed by atoms with Gasteiger partial charge in [0.15, 0.2) is 6.20 Å². The van der Waals surface area contributed by atoms with E-state index in [0.717, 1.165) is 66.4 Å². The highest BCUT2D eigenvalue weighted by Crippen LogP contribution is 2.44. The molecular formula is C52H39N2O3+. The summed E-state index contributed by atoms with van der Waals surface area (Å²) in [5.74, 6) is 1.08. The quantitative estimate of drug-likeness (QED) is 0.126. The fourth-order valence-electron chi connectivity index (χ4n) is 8.79. The Kier molecular flexibility index (Phi) is 8.30. The van der Waals surface area contributed by atoms with Gasteiger partial charge in [-0.25, -0.2) is 4.79 Å². The lowest BCUT2D eigenvalue weighted by Crippen LogP contribution is -2.37. The zero-order valence-electron chi connectivity index (χ0n) is 32.0. The highest BCUT2D eigenvalue weighted by atomic mass is 16.5. The topological polar surface area (TPSA) is 43.8 Å². The van der Waals surface area contributed by atoms with Gasteiger partial charge in [-0.3, -0.25) is 0 Å². The minimum atomic E-state index is -0.353. The molecule has 0 spiro atoms. The Morgan fingerprint density at radius 2 is 1.40 bits per heavy atom. The number of hydrogen-bond donors (Lipinski definition) is 0. The van der Waals surface area contributed by atoms with E-state index in [9.17, 15) is 4.79 Å². The zero-order chi connectivity index (χ0) is 38.6. The fraction of sp³-hybridized carbons (Fsp3) is 0.0769. The second kappa shape index (κ2) is 13.8. The van der Waals surface area contributed by atoms with Crippen molar-refractivity contribution in [3.05, 3.63) is 214 Å². The summed E-state index contributed by atoms with van der Waals surface area (Å²) in [6.07, 6.45) is 4.26. The third-order valence-electron chi connectivity index (χ3n) is 11.3. The standard InChI is InChI=1S/C52H39N2O3/c1-4-56-52(55)40-22-12-11-21-39(40)49-41-27-25-37(50-47(35-17-7-5-8-18-35)33(2)43-23-13-15-29-53(43)50)31-45(41)57-46-32-38(26-28-42(46)49)51-48(36-19-9-6-10-20-36)34(3)44-24-14-16-30-54(44)51/h5-32H,4H2,1-3H3/q+1. The van der Waals surface area contributed by atoms with E-state index >= 15 is 0 Å². The number of carbonyl (C=O) groups is 1. The fourth-order valence-corrected chi connectivity index (χ4v) is 8.79. The van der Waals surface area contributed by atoms with E-state index in [1.54, 1.807) is 0 Å². The number of nitrogens with zero attached hydrogens (tertiary/aromatic N) is 2. The van der Waals surface area contributed by atoms with E-state index in [2.05, 4.69) is 169 Å². The molecule has 0 N–H and O–H groups in total. The Bertz CT molecular complexity index is 3080. The van der Waals surface area contributed by atoms with E-state index in [1.165, 1.54) is 22.3 Å². The monoisotopic (exact) mass is 739 g/mol. The predicted molar refractivity (Wildman–Crippen MR) is 227 cm³/mol. The van der Waals surface area contributed by atoms with Crippen LogP contribution in [0.3, 0.4) is 0 Å². The number of allylic oxidation sites excluding steroid dienone is 2. The van der Waals surface area contributed by atoms with Gasteiger partial charge in [-0.15, -0.1) is 0 Å². The molecule has 0 saturated carbocycles. The number of fused-ring (bicyclic) bond motifs is 4. The third-order valence-corrected chi connectivity index (χ3v) is 11.3. The van der Waals surface area contributed by atoms with Crippen molar-refractivity contribution >= 4 is 33.9 Å². The number of aryl methyl sites for hydroxylation is 1. The van der Waals surface area contributed by atoms with Crippen molar-refractivity contribution in [2.24, 2.45) is 0 Å². The van der Waals surface area contributed by atoms with Crippen LogP contribution >= 0.6 is 0 Å². The Hall–Kier alpha value is -7.24. The van der Waals surface area contributed by atoms with E-state index in [1.807, 2.05) is 31.2 Å². The Morgan fingerprint density at radius 3 is 2.21 bits per heavy atom. The normalized spacial score (nSPS) is 13.9. The summed E-state index contributed by atoms with van der Waals surface area (Å²) in [5.41, 5.74) is 15.8. The molecule has 0 fully saturated rings. The Labute approximate surface area is 331 Å². The maximum Gasteiger partial charge on any atom is 0.338 e. The molecule has 5 heterocycles. The molecule has 0 atom stereocenters. The molecule has 5 heteroatoms. The van der Waals surface area contributed by atoms with Crippen LogP contribution in [0.5, 0.6) is 11.5 Å². The molecule has 57 heavy (non-hydrogen) atoms. The summed E-state index contributed by atoms with van der Waals surface area (Å²) in [5, 5.41) is 1.93. The lowest BCUT2D eigenvalue weighted by molar-refractivity contribution is -0.577. The molecule has 0 unspecified atom stereocenters. The second-order valence-corrected chi connectivity index (χ2v) is 14.5. The second-order valence-electron chi connectivity index (χ2n) is 14.5. The SMILES string of the molecule is CCOC(=O)c1ccccc1C1=c2cc/c(=C3\C(c4ccccc4)=C(C)c4cccc[n+]43)cc2Oc2cc(-c3c(-c4ccccc4)c(C)c4ccccn34)ccc21. The Morgan fingerprint density at radius 1 is 0.667 bits per heavy atom. The van der Waals surface area contributed by atoms with Crippen LogP contribution in [-0.2, 0) is 4.74 Å². The summed E-state index contributed by atoms with van der Waals surface area (Å²) < 4.78 is 17.2. The van der Waals surface area contributed by atoms with Crippen molar-refractivity contribution in [1.29, 1.82) is 0 Å². The number of benzene rings is 5. The smallest absolute Gasteiger partial charge is 0.338 e. The van der Waals surface area contributed by atoms with Gasteiger partial charge in [0.05, 0.1) is 28.7 Å². The molecule has 10 rings (SSSR count). The molecule has 0 amide bonds. The molecule has 5 aromatic carbocycles. The van der Waals surface area contributed by atoms with Crippen LogP contribution in [-0.4, -0.2) is 17.0 Å². The van der Waals surface area contributed by atoms with Gasteiger partial charge < -0.3 is 13.9 Å². The van der Waals surface area contributed by atoms with Crippen LogP contribution in [0.15, 0.2) is 170 Å². The minimum Gasteiger partial charge on any atom is -0.462 e. The lowest BCUT2D eigenvalue weighted by atomic mass is 9.88. The number of aromatic nitrogens is 2. The largest absolute Gasteiger partial charge is 0.462 e. The molecule has 0 saturated heterocycles. The molecule has 2 aliphatic heterocycles. The van der Waals surface area contributed by atoms with Crippen LogP contribution in [0.1, 0.15) is 52.2 Å². The van der Waals surface area contributed by atoms with Crippen molar-refractivity contribution in [3.8, 4) is 33.9 Å². The Balaban J connectivity index is 1.25. The summed E-state index contributed by atoms with van der Waals surface area (Å²) in [6, 6.07) is 54.5. The van der Waals surface area contributed by atoms with Crippen LogP contribution in [0.4, 0.5) is 0 Å². The number of esters is 1. The van der Waals surface area contributed by atoms with Gasteiger partial charge in [-0.1, -0.05) is 91.0 Å². The van der Waals surface area contributed by atoms with Gasteiger partial charge in [0, 0.05) is 56.9 Å². The predicted octanol–water partition coefficient (Wildman–Crippen LogP) is 10.00. The van der Waals surface area contributed by atoms with Crippen molar-refractivity contribution in [2.45, 2.75) is 20.8 Å². The van der Waals surface area contributed by atoms with Crippen LogP contribution in [0.25, 0.3) is 50.3 Å². The first kappa shape index (κ1) is 34.3. The first-order chi connectivity index (χ1) is 28.0. The van der Waals surface area contributed by atoms with Crippen LogP contribution in [0.2, 0.25) is 0 Å². The summed E-state index contributed by atoms with van der Waals surface area (Å²) in [7, 11) is 0. The molecule has 2 aliphatic rings. The van der Waals surface area contributed by atoms with Crippen LogP contribution < -0.4 is 19.7 Å². The molecule has 0 bridgehead atoms. The lowest BCUT2D eigenvalue weighted by Gasteiger charge is -2.23. The van der Waals surface area contributed by atoms with Crippen molar-refractivity contribution in [1.82, 2.24) is 4.40 Å². The average Bonchev–Trinajstić information content (AvgIpc) is 3.73. The molecule has 3 aromatic heterocycles. The number of pyridine rings is 2. The maximum absolute atomic E-state index is 13.5. The van der Waals surface area contributed by atoms with Gasteiger partial charge >= 0.3 is 5.97 Å². The number of carbonyl (C=O) groups excluding carboxylic acids is 1. The third kappa shape index (κ3) is 5.54. The molecular weight excluding hydrogens is 701 g/mol. The average molecular weight is 740 g/mol. The van der Waals surface area contributed by atoms with Crippen molar-refractivity contribution in [3.63, 3.8) is 0 Å². The number of ether oxygens (including phenoxy) is 2. The van der Waals surface area contributed by atoms with Gasteiger partial charge in [0.25, 0.3) is 0 Å². The maximum atomic E-state index is 13.5. The number of hydrogen-bond acceptors (Lipinski definition) is 3. The van der Waals surface area contributed by atoms with E-state index in [-0.39, 0.29) is 12.6 Å². The molecule has 5 nitrogen and oxygen atoms in total. The van der Waals surface area contributed by atoms with Crippen LogP contribution in [0, 0.1) is 6.92 Å². The van der Waals surface area contributed by atoms with Gasteiger partial charge in [0.1, 0.15) is 11.5 Å². The first-order valence-electron chi connectivity index (χ1n) is 19.4. The highest BCUT2D eigenvalue weighted by Gasteiger charge is 2.34. The van der Waals surface area contributed by atoms with Crippen molar-refractivity contribution in [2.75, 3.05) is 6.61 Å². The van der Waals surface area contributed by atoms with E-state index in [4.69, 9.17) is 9.47 Å².